The molecule has 0 heterocycles. The van der Waals surface area contributed by atoms with Crippen LogP contribution in [0.5, 0.6) is 5.75 Å². The highest BCUT2D eigenvalue weighted by atomic mass is 79.9. The zero-order valence-corrected chi connectivity index (χ0v) is 28.8. The van der Waals surface area contributed by atoms with Gasteiger partial charge in [-0.15, -0.1) is 0 Å². The summed E-state index contributed by atoms with van der Waals surface area (Å²) in [5, 5.41) is 3.01. The minimum Gasteiger partial charge on any atom is -0.497 e. The predicted molar refractivity (Wildman–Crippen MR) is 185 cm³/mol. The Kier molecular flexibility index (Phi) is 12.4. The largest absolute Gasteiger partial charge is 0.497 e. The Morgan fingerprint density at radius 3 is 2.13 bits per heavy atom. The molecular weight excluding hydrogens is 666 g/mol. The van der Waals surface area contributed by atoms with E-state index in [9.17, 15) is 18.0 Å². The highest BCUT2D eigenvalue weighted by molar-refractivity contribution is 9.10. The first-order valence-corrected chi connectivity index (χ1v) is 17.4. The lowest BCUT2D eigenvalue weighted by atomic mass is 10.0. The van der Waals surface area contributed by atoms with Crippen LogP contribution in [-0.2, 0) is 32.6 Å². The highest BCUT2D eigenvalue weighted by Crippen LogP contribution is 2.27. The number of unbranched alkanes of at least 4 members (excludes halogenated alkanes) is 1. The summed E-state index contributed by atoms with van der Waals surface area (Å²) in [5.74, 6) is -0.287. The Balaban J connectivity index is 1.78. The lowest BCUT2D eigenvalue weighted by molar-refractivity contribution is -0.140. The summed E-state index contributed by atoms with van der Waals surface area (Å²) in [7, 11) is -2.69. The van der Waals surface area contributed by atoms with Crippen molar-refractivity contribution < 1.29 is 22.7 Å². The third-order valence-corrected chi connectivity index (χ3v) is 9.93. The van der Waals surface area contributed by atoms with Crippen molar-refractivity contribution in [3.05, 3.63) is 124 Å². The number of benzene rings is 4. The molecule has 8 nitrogen and oxygen atoms in total. The standard InChI is InChI=1S/C36H40BrN3O5S/c1-4-5-23-38-36(42)34(24-28-9-7-6-8-10-28)39(25-29-13-15-30(37)16-14-29)35(41)26-40(31-17-11-27(2)12-18-31)46(43,44)33-21-19-32(45-3)20-22-33/h6-22,34H,4-5,23-26H2,1-3H3,(H,38,42)/t34-/m1/s1. The van der Waals surface area contributed by atoms with E-state index >= 15 is 0 Å². The summed E-state index contributed by atoms with van der Waals surface area (Å²) >= 11 is 3.46. The van der Waals surface area contributed by atoms with Gasteiger partial charge in [-0.25, -0.2) is 8.42 Å². The van der Waals surface area contributed by atoms with Gasteiger partial charge in [-0.3, -0.25) is 13.9 Å². The van der Waals surface area contributed by atoms with Crippen molar-refractivity contribution in [2.75, 3.05) is 24.5 Å². The number of halogens is 1. The summed E-state index contributed by atoms with van der Waals surface area (Å²) in [5.41, 5.74) is 2.97. The number of aryl methyl sites for hydroxylation is 1. The van der Waals surface area contributed by atoms with Gasteiger partial charge in [0.25, 0.3) is 10.0 Å². The molecule has 2 amide bonds. The van der Waals surface area contributed by atoms with Crippen LogP contribution < -0.4 is 14.4 Å². The van der Waals surface area contributed by atoms with Crippen LogP contribution in [0.1, 0.15) is 36.5 Å². The Morgan fingerprint density at radius 1 is 0.870 bits per heavy atom. The topological polar surface area (TPSA) is 96.0 Å². The molecule has 4 aromatic carbocycles. The van der Waals surface area contributed by atoms with Crippen molar-refractivity contribution in [2.24, 2.45) is 0 Å². The van der Waals surface area contributed by atoms with E-state index in [0.29, 0.717) is 18.0 Å². The summed E-state index contributed by atoms with van der Waals surface area (Å²) in [4.78, 5) is 29.9. The quantitative estimate of drug-likeness (QED) is 0.142. The molecule has 0 saturated heterocycles. The maximum absolute atomic E-state index is 14.5. The van der Waals surface area contributed by atoms with E-state index in [0.717, 1.165) is 38.3 Å². The first kappa shape index (κ1) is 34.7. The normalized spacial score (nSPS) is 11.8. The Morgan fingerprint density at radius 2 is 1.52 bits per heavy atom. The molecule has 1 atom stereocenters. The van der Waals surface area contributed by atoms with Crippen molar-refractivity contribution in [1.82, 2.24) is 10.2 Å². The van der Waals surface area contributed by atoms with Crippen molar-refractivity contribution in [2.45, 2.75) is 50.6 Å². The molecule has 0 aromatic heterocycles. The van der Waals surface area contributed by atoms with Crippen LogP contribution >= 0.6 is 15.9 Å². The molecule has 0 bridgehead atoms. The fraction of sp³-hybridized carbons (Fsp3) is 0.278. The van der Waals surface area contributed by atoms with E-state index in [4.69, 9.17) is 4.74 Å². The smallest absolute Gasteiger partial charge is 0.264 e. The number of hydrogen-bond donors (Lipinski definition) is 1. The zero-order chi connectivity index (χ0) is 33.1. The van der Waals surface area contributed by atoms with Gasteiger partial charge in [-0.1, -0.05) is 89.4 Å². The average Bonchev–Trinajstić information content (AvgIpc) is 3.07. The van der Waals surface area contributed by atoms with Crippen LogP contribution in [-0.4, -0.2) is 51.4 Å². The molecule has 0 saturated carbocycles. The number of anilines is 1. The van der Waals surface area contributed by atoms with Crippen LogP contribution in [0.2, 0.25) is 0 Å². The highest BCUT2D eigenvalue weighted by Gasteiger charge is 2.34. The minimum absolute atomic E-state index is 0.0132. The van der Waals surface area contributed by atoms with Gasteiger partial charge in [0, 0.05) is 24.0 Å². The lowest BCUT2D eigenvalue weighted by Gasteiger charge is -2.34. The number of methoxy groups -OCH3 is 1. The first-order chi connectivity index (χ1) is 22.1. The first-order valence-electron chi connectivity index (χ1n) is 15.2. The summed E-state index contributed by atoms with van der Waals surface area (Å²) < 4.78 is 35.6. The molecule has 0 spiro atoms. The van der Waals surface area contributed by atoms with Crippen molar-refractivity contribution in [1.29, 1.82) is 0 Å². The van der Waals surface area contributed by atoms with E-state index in [2.05, 4.69) is 21.2 Å². The predicted octanol–water partition coefficient (Wildman–Crippen LogP) is 6.52. The van der Waals surface area contributed by atoms with Crippen molar-refractivity contribution >= 4 is 43.5 Å². The van der Waals surface area contributed by atoms with Gasteiger partial charge in [0.1, 0.15) is 18.3 Å². The van der Waals surface area contributed by atoms with Crippen molar-refractivity contribution in [3.63, 3.8) is 0 Å². The molecule has 242 valence electrons. The van der Waals surface area contributed by atoms with Crippen LogP contribution in [0.25, 0.3) is 0 Å². The molecule has 0 radical (unpaired) electrons. The number of rotatable bonds is 15. The van der Waals surface area contributed by atoms with Crippen LogP contribution in [0.15, 0.2) is 112 Å². The molecule has 0 unspecified atom stereocenters. The third-order valence-electron chi connectivity index (χ3n) is 7.62. The van der Waals surface area contributed by atoms with Gasteiger partial charge < -0.3 is 15.0 Å². The molecule has 1 N–H and O–H groups in total. The van der Waals surface area contributed by atoms with Gasteiger partial charge >= 0.3 is 0 Å². The molecule has 46 heavy (non-hydrogen) atoms. The fourth-order valence-electron chi connectivity index (χ4n) is 4.96. The van der Waals surface area contributed by atoms with Gasteiger partial charge in [-0.05, 0) is 73.0 Å². The van der Waals surface area contributed by atoms with Gasteiger partial charge in [0.05, 0.1) is 17.7 Å². The third kappa shape index (κ3) is 9.20. The molecule has 0 fully saturated rings. The van der Waals surface area contributed by atoms with E-state index in [1.165, 1.54) is 24.1 Å². The van der Waals surface area contributed by atoms with E-state index in [1.54, 1.807) is 36.4 Å². The van der Waals surface area contributed by atoms with E-state index in [1.807, 2.05) is 68.4 Å². The van der Waals surface area contributed by atoms with Gasteiger partial charge in [0.2, 0.25) is 11.8 Å². The van der Waals surface area contributed by atoms with E-state index < -0.39 is 28.5 Å². The molecular formula is C36H40BrN3O5S. The Bertz CT molecular complexity index is 1680. The SMILES string of the molecule is CCCCNC(=O)[C@@H](Cc1ccccc1)N(Cc1ccc(Br)cc1)C(=O)CN(c1ccc(C)cc1)S(=O)(=O)c1ccc(OC)cc1. The van der Waals surface area contributed by atoms with Crippen LogP contribution in [0.3, 0.4) is 0 Å². The number of sulfonamides is 1. The molecule has 4 rings (SSSR count). The van der Waals surface area contributed by atoms with Gasteiger partial charge in [0.15, 0.2) is 0 Å². The van der Waals surface area contributed by atoms with Crippen molar-refractivity contribution in [3.8, 4) is 5.75 Å². The lowest BCUT2D eigenvalue weighted by Crippen LogP contribution is -2.53. The number of carbonyl (C=O) groups is 2. The number of nitrogens with zero attached hydrogens (tertiary/aromatic N) is 2. The number of hydrogen-bond acceptors (Lipinski definition) is 5. The molecule has 0 aliphatic rings. The monoisotopic (exact) mass is 705 g/mol. The number of nitrogens with one attached hydrogen (secondary N) is 1. The fourth-order valence-corrected chi connectivity index (χ4v) is 6.64. The van der Waals surface area contributed by atoms with Crippen LogP contribution in [0, 0.1) is 6.92 Å². The number of ether oxygens (including phenoxy) is 1. The average molecular weight is 707 g/mol. The minimum atomic E-state index is -4.20. The zero-order valence-electron chi connectivity index (χ0n) is 26.4. The second kappa shape index (κ2) is 16.4. The molecule has 4 aromatic rings. The summed E-state index contributed by atoms with van der Waals surface area (Å²) in [6.45, 7) is 4.02. The summed E-state index contributed by atoms with van der Waals surface area (Å²) in [6.07, 6.45) is 1.96. The Labute approximate surface area is 280 Å². The molecule has 0 aliphatic heterocycles. The molecule has 0 aliphatic carbocycles. The van der Waals surface area contributed by atoms with Crippen LogP contribution in [0.4, 0.5) is 5.69 Å². The number of carbonyl (C=O) groups excluding carboxylic acids is 2. The second-order valence-electron chi connectivity index (χ2n) is 11.0. The number of amides is 2. The molecule has 10 heteroatoms. The maximum Gasteiger partial charge on any atom is 0.264 e. The van der Waals surface area contributed by atoms with E-state index in [-0.39, 0.29) is 23.8 Å². The second-order valence-corrected chi connectivity index (χ2v) is 13.8. The Hall–Kier alpha value is -4.15. The maximum atomic E-state index is 14.5. The van der Waals surface area contributed by atoms with Gasteiger partial charge in [-0.2, -0.15) is 0 Å². The summed E-state index contributed by atoms with van der Waals surface area (Å²) in [6, 6.07) is 29.1.